The molecule has 25 heavy (non-hydrogen) atoms. The summed E-state index contributed by atoms with van der Waals surface area (Å²) in [6.07, 6.45) is 4.40. The molecule has 2 N–H and O–H groups in total. The van der Waals surface area contributed by atoms with Crippen LogP contribution in [0.1, 0.15) is 36.8 Å². The number of amides is 1. The Bertz CT molecular complexity index is 791. The molecule has 5 heteroatoms. The van der Waals surface area contributed by atoms with Crippen molar-refractivity contribution < 1.29 is 4.79 Å². The minimum absolute atomic E-state index is 0.0184. The smallest absolute Gasteiger partial charge is 0.251 e. The lowest BCUT2D eigenvalue weighted by atomic mass is 10.1. The number of hydrogen-bond acceptors (Lipinski definition) is 3. The van der Waals surface area contributed by atoms with Crippen molar-refractivity contribution in [1.29, 1.82) is 0 Å². The molecule has 1 amide bonds. The summed E-state index contributed by atoms with van der Waals surface area (Å²) in [4.78, 5) is 29.5. The number of nitrogens with zero attached hydrogens (tertiary/aromatic N) is 1. The highest BCUT2D eigenvalue weighted by Gasteiger charge is 2.11. The van der Waals surface area contributed by atoms with Crippen molar-refractivity contribution in [2.45, 2.75) is 39.0 Å². The van der Waals surface area contributed by atoms with E-state index in [1.165, 1.54) is 25.9 Å². The number of likely N-dealkylation sites (tertiary alicyclic amines) is 1. The van der Waals surface area contributed by atoms with Gasteiger partial charge in [-0.2, -0.15) is 0 Å². The SMILES string of the molecule is Cc1ccc2cc(CCC(=O)NCCCN3CCCC3)c(=O)[nH]c2c1. The summed E-state index contributed by atoms with van der Waals surface area (Å²) in [5, 5.41) is 3.97. The Labute approximate surface area is 148 Å². The van der Waals surface area contributed by atoms with Crippen LogP contribution in [0.15, 0.2) is 29.1 Å². The molecule has 0 atom stereocenters. The molecule has 1 aromatic carbocycles. The highest BCUT2D eigenvalue weighted by atomic mass is 16.1. The molecule has 0 unspecified atom stereocenters. The number of rotatable bonds is 7. The topological polar surface area (TPSA) is 65.2 Å². The molecule has 5 nitrogen and oxygen atoms in total. The highest BCUT2D eigenvalue weighted by Crippen LogP contribution is 2.13. The molecule has 3 rings (SSSR count). The number of aromatic nitrogens is 1. The second-order valence-electron chi connectivity index (χ2n) is 6.97. The van der Waals surface area contributed by atoms with Gasteiger partial charge in [-0.15, -0.1) is 0 Å². The maximum absolute atomic E-state index is 12.2. The zero-order valence-electron chi connectivity index (χ0n) is 14.9. The number of hydrogen-bond donors (Lipinski definition) is 2. The Balaban J connectivity index is 1.46. The number of aromatic amines is 1. The monoisotopic (exact) mass is 341 g/mol. The fraction of sp³-hybridized carbons (Fsp3) is 0.500. The normalized spacial score (nSPS) is 14.9. The van der Waals surface area contributed by atoms with Gasteiger partial charge in [0.2, 0.25) is 5.91 Å². The fourth-order valence-corrected chi connectivity index (χ4v) is 3.42. The standard InChI is InChI=1S/C20H27N3O2/c1-15-5-6-16-14-17(20(25)22-18(16)13-15)7-8-19(24)21-9-4-12-23-10-2-3-11-23/h5-6,13-14H,2-4,7-12H2,1H3,(H,21,24)(H,22,25). The van der Waals surface area contributed by atoms with E-state index in [0.29, 0.717) is 24.9 Å². The maximum Gasteiger partial charge on any atom is 0.251 e. The van der Waals surface area contributed by atoms with Crippen molar-refractivity contribution in [3.63, 3.8) is 0 Å². The van der Waals surface area contributed by atoms with E-state index < -0.39 is 0 Å². The van der Waals surface area contributed by atoms with Gasteiger partial charge in [-0.05, 0) is 75.3 Å². The van der Waals surface area contributed by atoms with Gasteiger partial charge in [0.1, 0.15) is 0 Å². The zero-order valence-corrected chi connectivity index (χ0v) is 14.9. The second-order valence-corrected chi connectivity index (χ2v) is 6.97. The second kappa shape index (κ2) is 8.30. The largest absolute Gasteiger partial charge is 0.356 e. The molecule has 0 saturated carbocycles. The summed E-state index contributed by atoms with van der Waals surface area (Å²) < 4.78 is 0. The molecular formula is C20H27N3O2. The lowest BCUT2D eigenvalue weighted by molar-refractivity contribution is -0.121. The molecule has 0 radical (unpaired) electrons. The molecule has 0 spiro atoms. The van der Waals surface area contributed by atoms with E-state index in [2.05, 4.69) is 15.2 Å². The van der Waals surface area contributed by atoms with Gasteiger partial charge in [0.25, 0.3) is 5.56 Å². The fourth-order valence-electron chi connectivity index (χ4n) is 3.42. The lowest BCUT2D eigenvalue weighted by Gasteiger charge is -2.14. The summed E-state index contributed by atoms with van der Waals surface area (Å²) in [6.45, 7) is 6.16. The van der Waals surface area contributed by atoms with E-state index in [0.717, 1.165) is 29.4 Å². The molecule has 0 aliphatic carbocycles. The first-order valence-corrected chi connectivity index (χ1v) is 9.23. The van der Waals surface area contributed by atoms with Crippen LogP contribution in [0.2, 0.25) is 0 Å². The van der Waals surface area contributed by atoms with Gasteiger partial charge in [0.05, 0.1) is 0 Å². The van der Waals surface area contributed by atoms with Gasteiger partial charge in [-0.25, -0.2) is 0 Å². The number of H-pyrrole nitrogens is 1. The number of pyridine rings is 1. The summed E-state index contributed by atoms with van der Waals surface area (Å²) in [7, 11) is 0. The molecule has 1 fully saturated rings. The predicted molar refractivity (Wildman–Crippen MR) is 101 cm³/mol. The van der Waals surface area contributed by atoms with Crippen LogP contribution in [0.3, 0.4) is 0 Å². The van der Waals surface area contributed by atoms with Crippen LogP contribution in [0.25, 0.3) is 10.9 Å². The summed E-state index contributed by atoms with van der Waals surface area (Å²) >= 11 is 0. The van der Waals surface area contributed by atoms with E-state index in [9.17, 15) is 9.59 Å². The van der Waals surface area contributed by atoms with E-state index in [1.807, 2.05) is 31.2 Å². The van der Waals surface area contributed by atoms with Gasteiger partial charge in [0, 0.05) is 24.0 Å². The average molecular weight is 341 g/mol. The van der Waals surface area contributed by atoms with Crippen LogP contribution in [0.4, 0.5) is 0 Å². The first-order valence-electron chi connectivity index (χ1n) is 9.23. The van der Waals surface area contributed by atoms with Gasteiger partial charge >= 0.3 is 0 Å². The van der Waals surface area contributed by atoms with Crippen LogP contribution < -0.4 is 10.9 Å². The van der Waals surface area contributed by atoms with Crippen molar-refractivity contribution in [2.75, 3.05) is 26.2 Å². The van der Waals surface area contributed by atoms with E-state index in [1.54, 1.807) is 0 Å². The molecule has 2 heterocycles. The van der Waals surface area contributed by atoms with Crippen LogP contribution >= 0.6 is 0 Å². The Hall–Kier alpha value is -2.14. The number of carbonyl (C=O) groups is 1. The van der Waals surface area contributed by atoms with Crippen molar-refractivity contribution in [3.05, 3.63) is 45.7 Å². The van der Waals surface area contributed by atoms with Crippen molar-refractivity contribution in [3.8, 4) is 0 Å². The number of nitrogens with one attached hydrogen (secondary N) is 2. The van der Waals surface area contributed by atoms with Crippen LogP contribution in [-0.4, -0.2) is 42.0 Å². The minimum atomic E-state index is -0.0973. The molecule has 2 aromatic rings. The molecule has 1 aromatic heterocycles. The molecule has 134 valence electrons. The molecule has 1 aliphatic heterocycles. The predicted octanol–water partition coefficient (Wildman–Crippen LogP) is 2.37. The van der Waals surface area contributed by atoms with E-state index in [-0.39, 0.29) is 11.5 Å². The molecular weight excluding hydrogens is 314 g/mol. The third kappa shape index (κ3) is 4.92. The van der Waals surface area contributed by atoms with Crippen molar-refractivity contribution >= 4 is 16.8 Å². The van der Waals surface area contributed by atoms with Gasteiger partial charge in [-0.1, -0.05) is 12.1 Å². The lowest BCUT2D eigenvalue weighted by Crippen LogP contribution is -2.29. The highest BCUT2D eigenvalue weighted by molar-refractivity contribution is 5.80. The first-order chi connectivity index (χ1) is 12.1. The number of fused-ring (bicyclic) bond motifs is 1. The average Bonchev–Trinajstić information content (AvgIpc) is 3.10. The van der Waals surface area contributed by atoms with Crippen molar-refractivity contribution in [2.24, 2.45) is 0 Å². The summed E-state index contributed by atoms with van der Waals surface area (Å²) in [6, 6.07) is 7.89. The molecule has 1 aliphatic rings. The van der Waals surface area contributed by atoms with Crippen LogP contribution in [0, 0.1) is 6.92 Å². The third-order valence-corrected chi connectivity index (χ3v) is 4.87. The number of benzene rings is 1. The van der Waals surface area contributed by atoms with E-state index >= 15 is 0 Å². The summed E-state index contributed by atoms with van der Waals surface area (Å²) in [5.41, 5.74) is 2.54. The minimum Gasteiger partial charge on any atom is -0.356 e. The summed E-state index contributed by atoms with van der Waals surface area (Å²) in [5.74, 6) is 0.0184. The number of carbonyl (C=O) groups excluding carboxylic acids is 1. The van der Waals surface area contributed by atoms with Crippen LogP contribution in [-0.2, 0) is 11.2 Å². The maximum atomic E-state index is 12.2. The first kappa shape index (κ1) is 17.7. The third-order valence-electron chi connectivity index (χ3n) is 4.87. The molecule has 0 bridgehead atoms. The van der Waals surface area contributed by atoms with Gasteiger partial charge in [-0.3, -0.25) is 9.59 Å². The number of aryl methyl sites for hydroxylation is 2. The van der Waals surface area contributed by atoms with Crippen LogP contribution in [0.5, 0.6) is 0 Å². The Morgan fingerprint density at radius 2 is 2.04 bits per heavy atom. The van der Waals surface area contributed by atoms with E-state index in [4.69, 9.17) is 0 Å². The Morgan fingerprint density at radius 1 is 1.24 bits per heavy atom. The molecule has 1 saturated heterocycles. The quantitative estimate of drug-likeness (QED) is 0.760. The Morgan fingerprint density at radius 3 is 2.84 bits per heavy atom. The van der Waals surface area contributed by atoms with Gasteiger partial charge in [0.15, 0.2) is 0 Å². The van der Waals surface area contributed by atoms with Gasteiger partial charge < -0.3 is 15.2 Å². The Kier molecular flexibility index (Phi) is 5.87. The van der Waals surface area contributed by atoms with Crippen molar-refractivity contribution in [1.82, 2.24) is 15.2 Å². The zero-order chi connectivity index (χ0) is 17.6.